The van der Waals surface area contributed by atoms with E-state index in [-0.39, 0.29) is 5.82 Å². The van der Waals surface area contributed by atoms with Crippen molar-refractivity contribution in [2.45, 2.75) is 31.8 Å². The smallest absolute Gasteiger partial charge is 0.125 e. The summed E-state index contributed by atoms with van der Waals surface area (Å²) in [7, 11) is 1.65. The molecule has 0 saturated carbocycles. The summed E-state index contributed by atoms with van der Waals surface area (Å²) in [5.41, 5.74) is 2.22. The third-order valence-electron chi connectivity index (χ3n) is 4.84. The summed E-state index contributed by atoms with van der Waals surface area (Å²) in [4.78, 5) is 0. The molecule has 2 heterocycles. The van der Waals surface area contributed by atoms with Gasteiger partial charge in [-0.1, -0.05) is 0 Å². The molecule has 0 bridgehead atoms. The average molecular weight is 364 g/mol. The minimum Gasteiger partial charge on any atom is -0.382 e. The van der Waals surface area contributed by atoms with Gasteiger partial charge in [-0.25, -0.2) is 4.39 Å². The Bertz CT molecular complexity index is 683. The Balaban J connectivity index is 1.56. The second kappa shape index (κ2) is 10.0. The van der Waals surface area contributed by atoms with E-state index < -0.39 is 0 Å². The molecule has 1 unspecified atom stereocenters. The highest BCUT2D eigenvalue weighted by molar-refractivity contribution is 5.84. The number of nitrogens with one attached hydrogen (secondary N) is 1. The zero-order valence-corrected chi connectivity index (χ0v) is 15.5. The minimum atomic E-state index is -0.199. The lowest BCUT2D eigenvalue weighted by molar-refractivity contribution is 0.0232. The van der Waals surface area contributed by atoms with Crippen LogP contribution in [0.4, 0.5) is 4.39 Å². The van der Waals surface area contributed by atoms with Crippen LogP contribution in [-0.2, 0) is 27.2 Å². The first-order valence-corrected chi connectivity index (χ1v) is 9.43. The van der Waals surface area contributed by atoms with Crippen LogP contribution in [0.1, 0.15) is 18.4 Å². The van der Waals surface area contributed by atoms with Crippen LogP contribution in [0.3, 0.4) is 0 Å². The van der Waals surface area contributed by atoms with Crippen molar-refractivity contribution in [3.8, 4) is 0 Å². The van der Waals surface area contributed by atoms with E-state index in [0.717, 1.165) is 23.9 Å². The lowest BCUT2D eigenvalue weighted by Crippen LogP contribution is -2.23. The predicted molar refractivity (Wildman–Crippen MR) is 100 cm³/mol. The molecule has 1 aromatic heterocycles. The average Bonchev–Trinajstić information content (AvgIpc) is 3.26. The molecule has 2 aromatic rings. The largest absolute Gasteiger partial charge is 0.382 e. The lowest BCUT2D eigenvalue weighted by atomic mass is 10.0. The molecule has 1 N–H and O–H groups in total. The number of methoxy groups -OCH3 is 1. The van der Waals surface area contributed by atoms with Crippen LogP contribution < -0.4 is 5.32 Å². The molecule has 1 aromatic carbocycles. The molecule has 0 radical (unpaired) electrons. The van der Waals surface area contributed by atoms with E-state index >= 15 is 0 Å². The molecule has 144 valence electrons. The molecule has 1 aliphatic heterocycles. The van der Waals surface area contributed by atoms with Gasteiger partial charge in [-0.05, 0) is 49.6 Å². The molecular formula is C20H29FN2O3. The van der Waals surface area contributed by atoms with Crippen molar-refractivity contribution in [1.29, 1.82) is 0 Å². The number of hydrogen-bond acceptors (Lipinski definition) is 4. The van der Waals surface area contributed by atoms with Gasteiger partial charge in [0.25, 0.3) is 0 Å². The molecule has 6 heteroatoms. The summed E-state index contributed by atoms with van der Waals surface area (Å²) < 4.78 is 31.8. The first-order valence-electron chi connectivity index (χ1n) is 9.43. The van der Waals surface area contributed by atoms with Crippen molar-refractivity contribution in [2.75, 3.05) is 46.7 Å². The first kappa shape index (κ1) is 19.3. The third kappa shape index (κ3) is 5.27. The highest BCUT2D eigenvalue weighted by Gasteiger charge is 2.17. The van der Waals surface area contributed by atoms with Gasteiger partial charge >= 0.3 is 0 Å². The number of ether oxygens (including phenoxy) is 3. The maximum absolute atomic E-state index is 13.7. The molecule has 0 amide bonds. The Morgan fingerprint density at radius 2 is 1.96 bits per heavy atom. The van der Waals surface area contributed by atoms with Gasteiger partial charge in [0.2, 0.25) is 0 Å². The third-order valence-corrected chi connectivity index (χ3v) is 4.84. The van der Waals surface area contributed by atoms with Gasteiger partial charge in [0, 0.05) is 31.3 Å². The molecule has 0 spiro atoms. The Morgan fingerprint density at radius 1 is 1.15 bits per heavy atom. The quantitative estimate of drug-likeness (QED) is 0.623. The first-order chi connectivity index (χ1) is 12.8. The van der Waals surface area contributed by atoms with Crippen LogP contribution in [0.25, 0.3) is 10.9 Å². The van der Waals surface area contributed by atoms with Crippen molar-refractivity contribution >= 4 is 10.9 Å². The molecule has 1 aliphatic rings. The Morgan fingerprint density at radius 3 is 2.73 bits per heavy atom. The van der Waals surface area contributed by atoms with Crippen LogP contribution in [0.15, 0.2) is 24.4 Å². The maximum Gasteiger partial charge on any atom is 0.125 e. The van der Waals surface area contributed by atoms with Crippen molar-refractivity contribution in [1.82, 2.24) is 9.88 Å². The fourth-order valence-electron chi connectivity index (χ4n) is 3.51. The second-order valence-electron chi connectivity index (χ2n) is 6.72. The Hall–Kier alpha value is -1.47. The molecule has 0 aliphatic carbocycles. The van der Waals surface area contributed by atoms with E-state index in [1.165, 1.54) is 18.4 Å². The number of benzene rings is 1. The summed E-state index contributed by atoms with van der Waals surface area (Å²) in [5, 5.41) is 4.68. The molecule has 26 heavy (non-hydrogen) atoms. The van der Waals surface area contributed by atoms with Crippen LogP contribution >= 0.6 is 0 Å². The van der Waals surface area contributed by atoms with Crippen molar-refractivity contribution in [3.63, 3.8) is 0 Å². The molecule has 3 rings (SSSR count). The molecule has 1 saturated heterocycles. The number of aromatic nitrogens is 1. The van der Waals surface area contributed by atoms with Crippen LogP contribution in [0, 0.1) is 5.82 Å². The van der Waals surface area contributed by atoms with Crippen LogP contribution in [0.2, 0.25) is 0 Å². The number of fused-ring (bicyclic) bond motifs is 1. The fourth-order valence-corrected chi connectivity index (χ4v) is 3.51. The second-order valence-corrected chi connectivity index (χ2v) is 6.72. The van der Waals surface area contributed by atoms with Crippen molar-refractivity contribution < 1.29 is 18.6 Å². The van der Waals surface area contributed by atoms with Gasteiger partial charge in [0.1, 0.15) is 5.82 Å². The van der Waals surface area contributed by atoms with E-state index in [9.17, 15) is 4.39 Å². The number of rotatable bonds is 11. The zero-order valence-electron chi connectivity index (χ0n) is 15.5. The van der Waals surface area contributed by atoms with Gasteiger partial charge < -0.3 is 24.1 Å². The Labute approximate surface area is 154 Å². The van der Waals surface area contributed by atoms with Gasteiger partial charge in [-0.3, -0.25) is 0 Å². The molecular weight excluding hydrogens is 335 g/mol. The highest BCUT2D eigenvalue weighted by Crippen LogP contribution is 2.25. The van der Waals surface area contributed by atoms with E-state index in [1.54, 1.807) is 19.2 Å². The van der Waals surface area contributed by atoms with Crippen LogP contribution in [0.5, 0.6) is 0 Å². The number of nitrogens with zero attached hydrogens (tertiary/aromatic N) is 1. The number of halogens is 1. The lowest BCUT2D eigenvalue weighted by Gasteiger charge is -2.08. The predicted octanol–water partition coefficient (Wildman–Crippen LogP) is 2.75. The van der Waals surface area contributed by atoms with Gasteiger partial charge in [-0.2, -0.15) is 0 Å². The number of hydrogen-bond donors (Lipinski definition) is 1. The summed E-state index contributed by atoms with van der Waals surface area (Å²) in [6.45, 7) is 4.67. The fraction of sp³-hybridized carbons (Fsp3) is 0.600. The zero-order chi connectivity index (χ0) is 18.2. The molecule has 1 atom stereocenters. The standard InChI is InChI=1S/C20H29FN2O3/c1-24-9-10-26-12-11-25-8-7-23-15-16(13-18-3-2-6-22-18)19-5-4-17(21)14-20(19)23/h4-5,14-15,18,22H,2-3,6-13H2,1H3. The Kier molecular flexibility index (Phi) is 7.43. The van der Waals surface area contributed by atoms with Crippen molar-refractivity contribution in [3.05, 3.63) is 35.8 Å². The van der Waals surface area contributed by atoms with Crippen molar-refractivity contribution in [2.24, 2.45) is 0 Å². The van der Waals surface area contributed by atoms with E-state index in [2.05, 4.69) is 16.1 Å². The summed E-state index contributed by atoms with van der Waals surface area (Å²) in [6, 6.07) is 5.59. The van der Waals surface area contributed by atoms with Gasteiger partial charge in [0.05, 0.1) is 38.6 Å². The monoisotopic (exact) mass is 364 g/mol. The summed E-state index contributed by atoms with van der Waals surface area (Å²) in [6.07, 6.45) is 5.59. The van der Waals surface area contributed by atoms with E-state index in [4.69, 9.17) is 14.2 Å². The SMILES string of the molecule is COCCOCCOCCn1cc(CC2CCCN2)c2ccc(F)cc21. The molecule has 5 nitrogen and oxygen atoms in total. The van der Waals surface area contributed by atoms with E-state index in [1.807, 2.05) is 6.07 Å². The topological polar surface area (TPSA) is 44.7 Å². The highest BCUT2D eigenvalue weighted by atomic mass is 19.1. The van der Waals surface area contributed by atoms with Gasteiger partial charge in [-0.15, -0.1) is 0 Å². The van der Waals surface area contributed by atoms with Crippen LogP contribution in [-0.4, -0.2) is 57.3 Å². The van der Waals surface area contributed by atoms with Gasteiger partial charge in [0.15, 0.2) is 0 Å². The normalized spacial score (nSPS) is 17.4. The van der Waals surface area contributed by atoms with E-state index in [0.29, 0.717) is 45.6 Å². The summed E-state index contributed by atoms with van der Waals surface area (Å²) in [5.74, 6) is -0.199. The minimum absolute atomic E-state index is 0.199. The molecule has 1 fully saturated rings. The maximum atomic E-state index is 13.7. The summed E-state index contributed by atoms with van der Waals surface area (Å²) >= 11 is 0.